The molecule has 0 atom stereocenters. The Bertz CT molecular complexity index is 244. The molecular formula is C6H8N2OS. The molecule has 1 heterocycles. The topological polar surface area (TPSA) is 56.0 Å². The van der Waals surface area contributed by atoms with Crippen molar-refractivity contribution < 1.29 is 4.79 Å². The van der Waals surface area contributed by atoms with Crippen molar-refractivity contribution in [2.75, 3.05) is 0 Å². The molecule has 0 saturated heterocycles. The zero-order valence-corrected chi connectivity index (χ0v) is 6.44. The molecule has 2 N–H and O–H groups in total. The van der Waals surface area contributed by atoms with Crippen LogP contribution in [-0.4, -0.2) is 10.8 Å². The summed E-state index contributed by atoms with van der Waals surface area (Å²) in [5.74, 6) is -0.0123. The van der Waals surface area contributed by atoms with Gasteiger partial charge < -0.3 is 5.73 Å². The molecule has 1 rings (SSSR count). The lowest BCUT2D eigenvalue weighted by atomic mass is 10.3. The molecule has 0 aliphatic carbocycles. The molecule has 0 aliphatic rings. The second-order valence-corrected chi connectivity index (χ2v) is 2.82. The Balaban J connectivity index is 3.01. The first kappa shape index (κ1) is 7.37. The number of hydrogen-bond acceptors (Lipinski definition) is 4. The maximum absolute atomic E-state index is 10.8. The molecule has 0 spiro atoms. The van der Waals surface area contributed by atoms with E-state index in [9.17, 15) is 4.79 Å². The van der Waals surface area contributed by atoms with E-state index in [1.807, 2.05) is 0 Å². The number of Topliss-reactive ketones (excluding diaryl/α,β-unsaturated/α-hetero) is 1. The SMILES string of the molecule is CC(=O)c1ncsc1CN. The molecule has 0 radical (unpaired) electrons. The number of hydrogen-bond donors (Lipinski definition) is 1. The van der Waals surface area contributed by atoms with Crippen molar-refractivity contribution in [1.82, 2.24) is 4.98 Å². The van der Waals surface area contributed by atoms with E-state index in [0.717, 1.165) is 4.88 Å². The molecule has 0 bridgehead atoms. The van der Waals surface area contributed by atoms with Gasteiger partial charge in [0.1, 0.15) is 5.69 Å². The normalized spacial score (nSPS) is 9.80. The van der Waals surface area contributed by atoms with E-state index in [-0.39, 0.29) is 5.78 Å². The Kier molecular flexibility index (Phi) is 2.13. The van der Waals surface area contributed by atoms with E-state index in [4.69, 9.17) is 5.73 Å². The summed E-state index contributed by atoms with van der Waals surface area (Å²) in [5, 5.41) is 0. The Morgan fingerprint density at radius 2 is 2.60 bits per heavy atom. The fraction of sp³-hybridized carbons (Fsp3) is 0.333. The molecule has 0 amide bonds. The molecular weight excluding hydrogens is 148 g/mol. The van der Waals surface area contributed by atoms with Gasteiger partial charge in [0.05, 0.1) is 5.51 Å². The highest BCUT2D eigenvalue weighted by molar-refractivity contribution is 7.09. The maximum atomic E-state index is 10.8. The monoisotopic (exact) mass is 156 g/mol. The highest BCUT2D eigenvalue weighted by atomic mass is 32.1. The zero-order valence-electron chi connectivity index (χ0n) is 5.63. The van der Waals surface area contributed by atoms with Gasteiger partial charge in [-0.15, -0.1) is 11.3 Å². The van der Waals surface area contributed by atoms with Crippen LogP contribution in [0.2, 0.25) is 0 Å². The zero-order chi connectivity index (χ0) is 7.56. The number of ketones is 1. The molecule has 0 fully saturated rings. The summed E-state index contributed by atoms with van der Waals surface area (Å²) in [4.78, 5) is 15.5. The van der Waals surface area contributed by atoms with Crippen molar-refractivity contribution in [3.05, 3.63) is 16.1 Å². The largest absolute Gasteiger partial charge is 0.326 e. The van der Waals surface area contributed by atoms with Crippen molar-refractivity contribution >= 4 is 17.1 Å². The van der Waals surface area contributed by atoms with Crippen molar-refractivity contribution in [1.29, 1.82) is 0 Å². The van der Waals surface area contributed by atoms with Crippen LogP contribution in [0.1, 0.15) is 22.3 Å². The second-order valence-electron chi connectivity index (χ2n) is 1.88. The minimum atomic E-state index is -0.0123. The van der Waals surface area contributed by atoms with Crippen LogP contribution in [0.5, 0.6) is 0 Å². The van der Waals surface area contributed by atoms with Crippen LogP contribution in [-0.2, 0) is 6.54 Å². The molecule has 4 heteroatoms. The van der Waals surface area contributed by atoms with Gasteiger partial charge in [-0.1, -0.05) is 0 Å². The van der Waals surface area contributed by atoms with E-state index in [0.29, 0.717) is 12.2 Å². The van der Waals surface area contributed by atoms with E-state index in [1.54, 1.807) is 5.51 Å². The van der Waals surface area contributed by atoms with Gasteiger partial charge >= 0.3 is 0 Å². The number of aromatic nitrogens is 1. The smallest absolute Gasteiger partial charge is 0.179 e. The molecule has 1 aromatic heterocycles. The highest BCUT2D eigenvalue weighted by Gasteiger charge is 2.07. The van der Waals surface area contributed by atoms with Gasteiger partial charge in [0.15, 0.2) is 5.78 Å². The van der Waals surface area contributed by atoms with E-state index >= 15 is 0 Å². The summed E-state index contributed by atoms with van der Waals surface area (Å²) in [6.07, 6.45) is 0. The Hall–Kier alpha value is -0.740. The quantitative estimate of drug-likeness (QED) is 0.644. The van der Waals surface area contributed by atoms with Gasteiger partial charge in [-0.3, -0.25) is 4.79 Å². The van der Waals surface area contributed by atoms with Crippen molar-refractivity contribution in [2.24, 2.45) is 5.73 Å². The van der Waals surface area contributed by atoms with E-state index < -0.39 is 0 Å². The minimum Gasteiger partial charge on any atom is -0.326 e. The van der Waals surface area contributed by atoms with Crippen LogP contribution in [0.4, 0.5) is 0 Å². The lowest BCUT2D eigenvalue weighted by Gasteiger charge is -1.90. The first-order valence-corrected chi connectivity index (χ1v) is 3.77. The minimum absolute atomic E-state index is 0.0123. The lowest BCUT2D eigenvalue weighted by Crippen LogP contribution is -2.01. The van der Waals surface area contributed by atoms with Crippen LogP contribution < -0.4 is 5.73 Å². The fourth-order valence-corrected chi connectivity index (χ4v) is 1.39. The number of nitrogens with zero attached hydrogens (tertiary/aromatic N) is 1. The third-order valence-electron chi connectivity index (χ3n) is 1.16. The number of thiazole rings is 1. The van der Waals surface area contributed by atoms with Crippen molar-refractivity contribution in [3.8, 4) is 0 Å². The molecule has 1 aromatic rings. The molecule has 54 valence electrons. The van der Waals surface area contributed by atoms with Gasteiger partial charge in [0.25, 0.3) is 0 Å². The van der Waals surface area contributed by atoms with E-state index in [1.165, 1.54) is 18.3 Å². The van der Waals surface area contributed by atoms with Crippen LogP contribution >= 0.6 is 11.3 Å². The average molecular weight is 156 g/mol. The number of carbonyl (C=O) groups excluding carboxylic acids is 1. The van der Waals surface area contributed by atoms with Gasteiger partial charge in [0, 0.05) is 18.3 Å². The van der Waals surface area contributed by atoms with Crippen molar-refractivity contribution in [2.45, 2.75) is 13.5 Å². The first-order valence-electron chi connectivity index (χ1n) is 2.89. The molecule has 0 aliphatic heterocycles. The van der Waals surface area contributed by atoms with Crippen LogP contribution in [0.25, 0.3) is 0 Å². The number of rotatable bonds is 2. The summed E-state index contributed by atoms with van der Waals surface area (Å²) in [6.45, 7) is 1.90. The highest BCUT2D eigenvalue weighted by Crippen LogP contribution is 2.11. The molecule has 0 saturated carbocycles. The summed E-state index contributed by atoms with van der Waals surface area (Å²) >= 11 is 1.42. The first-order chi connectivity index (χ1) is 4.75. The standard InChI is InChI=1S/C6H8N2OS/c1-4(9)6-5(2-7)10-3-8-6/h3H,2,7H2,1H3. The summed E-state index contributed by atoms with van der Waals surface area (Å²) in [6, 6.07) is 0. The van der Waals surface area contributed by atoms with Gasteiger partial charge in [-0.25, -0.2) is 4.98 Å². The Morgan fingerprint density at radius 3 is 3.00 bits per heavy atom. The number of carbonyl (C=O) groups is 1. The molecule has 10 heavy (non-hydrogen) atoms. The summed E-state index contributed by atoms with van der Waals surface area (Å²) < 4.78 is 0. The second kappa shape index (κ2) is 2.90. The van der Waals surface area contributed by atoms with Gasteiger partial charge in [-0.05, 0) is 0 Å². The van der Waals surface area contributed by atoms with Crippen molar-refractivity contribution in [3.63, 3.8) is 0 Å². The van der Waals surface area contributed by atoms with Gasteiger partial charge in [-0.2, -0.15) is 0 Å². The van der Waals surface area contributed by atoms with Crippen LogP contribution in [0.3, 0.4) is 0 Å². The van der Waals surface area contributed by atoms with Gasteiger partial charge in [0.2, 0.25) is 0 Å². The third-order valence-corrected chi connectivity index (χ3v) is 2.02. The Labute approximate surface area is 62.9 Å². The average Bonchev–Trinajstić information content (AvgIpc) is 2.33. The number of nitrogens with two attached hydrogens (primary N) is 1. The van der Waals surface area contributed by atoms with E-state index in [2.05, 4.69) is 4.98 Å². The predicted octanol–water partition coefficient (Wildman–Crippen LogP) is 0.804. The molecule has 0 unspecified atom stereocenters. The fourth-order valence-electron chi connectivity index (χ4n) is 0.703. The van der Waals surface area contributed by atoms with Crippen LogP contribution in [0, 0.1) is 0 Å². The molecule has 3 nitrogen and oxygen atoms in total. The molecule has 0 aromatic carbocycles. The third kappa shape index (κ3) is 1.22. The Morgan fingerprint density at radius 1 is 1.90 bits per heavy atom. The summed E-state index contributed by atoms with van der Waals surface area (Å²) in [5.41, 5.74) is 7.51. The van der Waals surface area contributed by atoms with Crippen LogP contribution in [0.15, 0.2) is 5.51 Å². The lowest BCUT2D eigenvalue weighted by molar-refractivity contribution is 0.101. The predicted molar refractivity (Wildman–Crippen MR) is 40.0 cm³/mol. The summed E-state index contributed by atoms with van der Waals surface area (Å²) in [7, 11) is 0. The maximum Gasteiger partial charge on any atom is 0.179 e.